The first kappa shape index (κ1) is 18.1. The Morgan fingerprint density at radius 3 is 2.68 bits per heavy atom. The van der Waals surface area contributed by atoms with Gasteiger partial charge >= 0.3 is 5.97 Å². The van der Waals surface area contributed by atoms with E-state index in [4.69, 9.17) is 5.73 Å². The van der Waals surface area contributed by atoms with Crippen LogP contribution in [0.4, 0.5) is 4.39 Å². The summed E-state index contributed by atoms with van der Waals surface area (Å²) < 4.78 is 18.8. The first-order valence-electron chi connectivity index (χ1n) is 5.44. The molecule has 1 unspecified atom stereocenters. The number of rotatable bonds is 4. The molecule has 0 radical (unpaired) electrons. The number of hydrogen-bond acceptors (Lipinski definition) is 4. The van der Waals surface area contributed by atoms with Crippen LogP contribution in [-0.2, 0) is 9.53 Å². The molecule has 0 aliphatic rings. The Bertz CT molecular complexity index is 459. The SMILES string of the molecule is CCOC(=O)C(F)[C@@H](N)c1c(Br)ccc(C)c1O.Cl. The minimum atomic E-state index is -2.02. The van der Waals surface area contributed by atoms with Gasteiger partial charge in [0, 0.05) is 10.0 Å². The molecule has 0 saturated heterocycles. The van der Waals surface area contributed by atoms with Gasteiger partial charge in [0.1, 0.15) is 5.75 Å². The standard InChI is InChI=1S/C12H15BrFNO3.ClH/c1-3-18-12(17)9(14)10(15)8-7(13)5-4-6(2)11(8)16;/h4-5,9-10,16H,3,15H2,1-2H3;1H/t9?,10-;/m0./s1. The van der Waals surface area contributed by atoms with Crippen molar-refractivity contribution in [2.75, 3.05) is 6.61 Å². The molecule has 0 saturated carbocycles. The van der Waals surface area contributed by atoms with Gasteiger partial charge in [-0.25, -0.2) is 9.18 Å². The molecule has 7 heteroatoms. The van der Waals surface area contributed by atoms with Crippen molar-refractivity contribution in [2.24, 2.45) is 5.73 Å². The van der Waals surface area contributed by atoms with E-state index in [1.165, 1.54) is 0 Å². The summed E-state index contributed by atoms with van der Waals surface area (Å²) in [7, 11) is 0. The quantitative estimate of drug-likeness (QED) is 0.814. The van der Waals surface area contributed by atoms with Crippen molar-refractivity contribution >= 4 is 34.3 Å². The highest BCUT2D eigenvalue weighted by atomic mass is 79.9. The topological polar surface area (TPSA) is 72.5 Å². The van der Waals surface area contributed by atoms with E-state index >= 15 is 0 Å². The van der Waals surface area contributed by atoms with Gasteiger partial charge in [0.2, 0.25) is 6.17 Å². The monoisotopic (exact) mass is 355 g/mol. The molecule has 2 atom stereocenters. The van der Waals surface area contributed by atoms with Crippen LogP contribution in [0.5, 0.6) is 5.75 Å². The fourth-order valence-corrected chi connectivity index (χ4v) is 2.11. The van der Waals surface area contributed by atoms with Crippen LogP contribution in [0.2, 0.25) is 0 Å². The molecule has 19 heavy (non-hydrogen) atoms. The third-order valence-electron chi connectivity index (χ3n) is 2.53. The Kier molecular flexibility index (Phi) is 7.33. The van der Waals surface area contributed by atoms with Crippen LogP contribution >= 0.6 is 28.3 Å². The van der Waals surface area contributed by atoms with E-state index in [0.717, 1.165) is 0 Å². The van der Waals surface area contributed by atoms with Gasteiger partial charge in [0.15, 0.2) is 0 Å². The summed E-state index contributed by atoms with van der Waals surface area (Å²) in [6, 6.07) is 2.02. The molecule has 1 aromatic rings. The molecule has 0 aliphatic carbocycles. The Morgan fingerprint density at radius 1 is 1.58 bits per heavy atom. The van der Waals surface area contributed by atoms with E-state index < -0.39 is 18.2 Å². The van der Waals surface area contributed by atoms with E-state index in [9.17, 15) is 14.3 Å². The number of benzene rings is 1. The number of carbonyl (C=O) groups is 1. The fourth-order valence-electron chi connectivity index (χ4n) is 1.52. The summed E-state index contributed by atoms with van der Waals surface area (Å²) in [4.78, 5) is 11.3. The Hall–Kier alpha value is -0.850. The predicted octanol–water partition coefficient (Wildman–Crippen LogP) is 2.79. The average molecular weight is 357 g/mol. The van der Waals surface area contributed by atoms with Crippen molar-refractivity contribution in [1.29, 1.82) is 0 Å². The van der Waals surface area contributed by atoms with Crippen molar-refractivity contribution in [3.05, 3.63) is 27.7 Å². The van der Waals surface area contributed by atoms with Crippen LogP contribution in [-0.4, -0.2) is 23.9 Å². The third kappa shape index (κ3) is 4.06. The van der Waals surface area contributed by atoms with Crippen molar-refractivity contribution in [3.8, 4) is 5.75 Å². The molecule has 0 aromatic heterocycles. The van der Waals surface area contributed by atoms with Gasteiger partial charge in [-0.15, -0.1) is 12.4 Å². The van der Waals surface area contributed by atoms with Crippen LogP contribution < -0.4 is 5.73 Å². The second-order valence-corrected chi connectivity index (χ2v) is 4.66. The van der Waals surface area contributed by atoms with Gasteiger partial charge in [-0.05, 0) is 25.5 Å². The zero-order chi connectivity index (χ0) is 13.9. The molecule has 0 aliphatic heterocycles. The fraction of sp³-hybridized carbons (Fsp3) is 0.417. The first-order chi connectivity index (χ1) is 8.40. The van der Waals surface area contributed by atoms with Crippen LogP contribution in [0.15, 0.2) is 16.6 Å². The second kappa shape index (κ2) is 7.67. The molecule has 0 bridgehead atoms. The van der Waals surface area contributed by atoms with E-state index in [-0.39, 0.29) is 30.3 Å². The van der Waals surface area contributed by atoms with Gasteiger partial charge in [0.25, 0.3) is 0 Å². The van der Waals surface area contributed by atoms with Crippen LogP contribution in [0, 0.1) is 6.92 Å². The van der Waals surface area contributed by atoms with Gasteiger partial charge in [-0.1, -0.05) is 22.0 Å². The zero-order valence-electron chi connectivity index (χ0n) is 10.5. The number of alkyl halides is 1. The smallest absolute Gasteiger partial charge is 0.342 e. The summed E-state index contributed by atoms with van der Waals surface area (Å²) in [5.74, 6) is -1.15. The molecular formula is C12H16BrClFNO3. The number of aryl methyl sites for hydroxylation is 1. The van der Waals surface area contributed by atoms with Crippen LogP contribution in [0.25, 0.3) is 0 Å². The number of esters is 1. The maximum absolute atomic E-state index is 13.8. The van der Waals surface area contributed by atoms with E-state index in [1.54, 1.807) is 26.0 Å². The molecule has 1 aromatic carbocycles. The summed E-state index contributed by atoms with van der Waals surface area (Å²) in [5, 5.41) is 9.88. The highest BCUT2D eigenvalue weighted by Gasteiger charge is 2.31. The molecular weight excluding hydrogens is 340 g/mol. The maximum atomic E-state index is 13.8. The average Bonchev–Trinajstić information content (AvgIpc) is 2.33. The Labute approximate surface area is 125 Å². The number of phenols is 1. The van der Waals surface area contributed by atoms with E-state index in [0.29, 0.717) is 10.0 Å². The van der Waals surface area contributed by atoms with Gasteiger partial charge < -0.3 is 15.6 Å². The Morgan fingerprint density at radius 2 is 2.16 bits per heavy atom. The Balaban J connectivity index is 0.00000324. The first-order valence-corrected chi connectivity index (χ1v) is 6.23. The summed E-state index contributed by atoms with van der Waals surface area (Å²) in [6.45, 7) is 3.32. The molecule has 4 nitrogen and oxygen atoms in total. The molecule has 1 rings (SSSR count). The summed E-state index contributed by atoms with van der Waals surface area (Å²) in [5.41, 5.74) is 6.39. The lowest BCUT2D eigenvalue weighted by Crippen LogP contribution is -2.31. The summed E-state index contributed by atoms with van der Waals surface area (Å²) in [6.07, 6.45) is -2.02. The maximum Gasteiger partial charge on any atom is 0.342 e. The molecule has 0 heterocycles. The van der Waals surface area contributed by atoms with Crippen molar-refractivity contribution in [3.63, 3.8) is 0 Å². The molecule has 0 fully saturated rings. The molecule has 3 N–H and O–H groups in total. The largest absolute Gasteiger partial charge is 0.507 e. The number of nitrogens with two attached hydrogens (primary N) is 1. The van der Waals surface area contributed by atoms with Crippen LogP contribution in [0.3, 0.4) is 0 Å². The van der Waals surface area contributed by atoms with Crippen LogP contribution in [0.1, 0.15) is 24.1 Å². The zero-order valence-corrected chi connectivity index (χ0v) is 12.9. The number of hydrogen-bond donors (Lipinski definition) is 2. The lowest BCUT2D eigenvalue weighted by Gasteiger charge is -2.19. The van der Waals surface area contributed by atoms with E-state index in [1.807, 2.05) is 0 Å². The highest BCUT2D eigenvalue weighted by molar-refractivity contribution is 9.10. The third-order valence-corrected chi connectivity index (χ3v) is 3.22. The number of phenolic OH excluding ortho intramolecular Hbond substituents is 1. The number of ether oxygens (including phenoxy) is 1. The van der Waals surface area contributed by atoms with Gasteiger partial charge in [0.05, 0.1) is 12.6 Å². The van der Waals surface area contributed by atoms with Crippen molar-refractivity contribution in [1.82, 2.24) is 0 Å². The van der Waals surface area contributed by atoms with E-state index in [2.05, 4.69) is 20.7 Å². The minimum Gasteiger partial charge on any atom is -0.507 e. The number of carbonyl (C=O) groups excluding carboxylic acids is 1. The molecule has 0 spiro atoms. The number of halogens is 3. The number of aromatic hydroxyl groups is 1. The predicted molar refractivity (Wildman–Crippen MR) is 76.2 cm³/mol. The van der Waals surface area contributed by atoms with Gasteiger partial charge in [-0.2, -0.15) is 0 Å². The van der Waals surface area contributed by atoms with Gasteiger partial charge in [-0.3, -0.25) is 0 Å². The lowest BCUT2D eigenvalue weighted by atomic mass is 10.00. The van der Waals surface area contributed by atoms with Crippen molar-refractivity contribution < 1.29 is 19.0 Å². The lowest BCUT2D eigenvalue weighted by molar-refractivity contribution is -0.149. The summed E-state index contributed by atoms with van der Waals surface area (Å²) >= 11 is 3.18. The second-order valence-electron chi connectivity index (χ2n) is 3.81. The highest BCUT2D eigenvalue weighted by Crippen LogP contribution is 2.35. The van der Waals surface area contributed by atoms with Crippen molar-refractivity contribution in [2.45, 2.75) is 26.1 Å². The molecule has 108 valence electrons. The normalized spacial score (nSPS) is 13.3. The molecule has 0 amide bonds. The minimum absolute atomic E-state index is 0.